The molecule has 0 fully saturated rings. The molecule has 0 aromatic heterocycles. The molecule has 0 aliphatic carbocycles. The van der Waals surface area contributed by atoms with E-state index in [-0.39, 0.29) is 4.90 Å². The molecule has 2 N–H and O–H groups in total. The minimum absolute atomic E-state index is 0.0889. The first-order chi connectivity index (χ1) is 9.50. The SMILES string of the molecule is CCCC1=Nc2ccc(S(=O)(=O)O)c3cccc(c23)N1. The zero-order valence-electron chi connectivity index (χ0n) is 10.9. The lowest BCUT2D eigenvalue weighted by Crippen LogP contribution is -2.14. The maximum Gasteiger partial charge on any atom is 0.295 e. The smallest absolute Gasteiger partial charge is 0.295 e. The lowest BCUT2D eigenvalue weighted by atomic mass is 10.0. The van der Waals surface area contributed by atoms with Gasteiger partial charge in [-0.05, 0) is 24.6 Å². The van der Waals surface area contributed by atoms with Crippen LogP contribution in [0.1, 0.15) is 19.8 Å². The van der Waals surface area contributed by atoms with Crippen LogP contribution < -0.4 is 5.32 Å². The van der Waals surface area contributed by atoms with E-state index in [9.17, 15) is 13.0 Å². The van der Waals surface area contributed by atoms with Crippen LogP contribution in [0, 0.1) is 0 Å². The molecule has 0 radical (unpaired) electrons. The van der Waals surface area contributed by atoms with Crippen molar-refractivity contribution in [1.29, 1.82) is 0 Å². The average Bonchev–Trinajstić information content (AvgIpc) is 2.38. The Hall–Kier alpha value is -1.92. The zero-order chi connectivity index (χ0) is 14.3. The van der Waals surface area contributed by atoms with E-state index in [0.29, 0.717) is 5.39 Å². The van der Waals surface area contributed by atoms with Crippen molar-refractivity contribution < 1.29 is 13.0 Å². The van der Waals surface area contributed by atoms with E-state index in [2.05, 4.69) is 17.2 Å². The number of nitrogens with zero attached hydrogens (tertiary/aromatic N) is 1. The van der Waals surface area contributed by atoms with Gasteiger partial charge in [0.05, 0.1) is 5.69 Å². The van der Waals surface area contributed by atoms with Crippen molar-refractivity contribution in [2.24, 2.45) is 4.99 Å². The molecule has 5 nitrogen and oxygen atoms in total. The van der Waals surface area contributed by atoms with Crippen molar-refractivity contribution in [2.45, 2.75) is 24.7 Å². The molecule has 2 aromatic carbocycles. The van der Waals surface area contributed by atoms with Gasteiger partial charge in [0.2, 0.25) is 0 Å². The minimum atomic E-state index is -4.25. The number of anilines is 1. The molecule has 0 saturated heterocycles. The van der Waals surface area contributed by atoms with Gasteiger partial charge in [0.1, 0.15) is 10.7 Å². The average molecular weight is 290 g/mol. The fourth-order valence-electron chi connectivity index (χ4n) is 2.47. The third-order valence-corrected chi connectivity index (χ3v) is 4.19. The monoisotopic (exact) mass is 290 g/mol. The third kappa shape index (κ3) is 2.07. The van der Waals surface area contributed by atoms with Gasteiger partial charge in [0.25, 0.3) is 10.1 Å². The van der Waals surface area contributed by atoms with Crippen LogP contribution in [0.4, 0.5) is 11.4 Å². The highest BCUT2D eigenvalue weighted by Gasteiger charge is 2.20. The second-order valence-electron chi connectivity index (χ2n) is 4.72. The highest BCUT2D eigenvalue weighted by atomic mass is 32.2. The van der Waals surface area contributed by atoms with Crippen LogP contribution in [0.2, 0.25) is 0 Å². The Morgan fingerprint density at radius 1 is 1.25 bits per heavy atom. The summed E-state index contributed by atoms with van der Waals surface area (Å²) >= 11 is 0. The Balaban J connectivity index is 2.32. The summed E-state index contributed by atoms with van der Waals surface area (Å²) in [4.78, 5) is 4.42. The number of nitrogens with one attached hydrogen (secondary N) is 1. The van der Waals surface area contributed by atoms with Crippen LogP contribution in [-0.2, 0) is 10.1 Å². The van der Waals surface area contributed by atoms with Crippen molar-refractivity contribution in [3.05, 3.63) is 30.3 Å². The van der Waals surface area contributed by atoms with Crippen molar-refractivity contribution in [3.8, 4) is 0 Å². The van der Waals surface area contributed by atoms with Crippen molar-refractivity contribution in [1.82, 2.24) is 0 Å². The first kappa shape index (κ1) is 13.1. The first-order valence-electron chi connectivity index (χ1n) is 6.38. The molecule has 104 valence electrons. The number of benzene rings is 2. The standard InChI is InChI=1S/C14H14N2O3S/c1-2-4-13-15-10-6-3-5-9-12(20(17,18)19)8-7-11(16-13)14(9)10/h3,5-8H,2,4H2,1H3,(H,15,16)(H,17,18,19). The van der Waals surface area contributed by atoms with E-state index in [1.807, 2.05) is 6.07 Å². The summed E-state index contributed by atoms with van der Waals surface area (Å²) in [5.74, 6) is 0.868. The second-order valence-corrected chi connectivity index (χ2v) is 6.11. The third-order valence-electron chi connectivity index (χ3n) is 3.28. The van der Waals surface area contributed by atoms with Crippen molar-refractivity contribution in [2.75, 3.05) is 5.32 Å². The summed E-state index contributed by atoms with van der Waals surface area (Å²) in [6.45, 7) is 2.07. The largest absolute Gasteiger partial charge is 0.343 e. The summed E-state index contributed by atoms with van der Waals surface area (Å²) in [5.41, 5.74) is 1.55. The molecular formula is C14H14N2O3S. The molecule has 1 heterocycles. The Labute approximate surface area is 117 Å². The van der Waals surface area contributed by atoms with Gasteiger partial charge in [0, 0.05) is 22.9 Å². The van der Waals surface area contributed by atoms with Crippen LogP contribution in [0.25, 0.3) is 10.8 Å². The van der Waals surface area contributed by atoms with Crippen LogP contribution in [0.5, 0.6) is 0 Å². The lowest BCUT2D eigenvalue weighted by molar-refractivity contribution is 0.484. The number of hydrogen-bond acceptors (Lipinski definition) is 4. The molecule has 0 atom stereocenters. The van der Waals surface area contributed by atoms with E-state index in [4.69, 9.17) is 0 Å². The van der Waals surface area contributed by atoms with Gasteiger partial charge in [-0.2, -0.15) is 8.42 Å². The van der Waals surface area contributed by atoms with Crippen molar-refractivity contribution >= 4 is 38.1 Å². The van der Waals surface area contributed by atoms with E-state index < -0.39 is 10.1 Å². The second kappa shape index (κ2) is 4.57. The summed E-state index contributed by atoms with van der Waals surface area (Å²) in [7, 11) is -4.25. The first-order valence-corrected chi connectivity index (χ1v) is 7.82. The van der Waals surface area contributed by atoms with Crippen LogP contribution in [0.15, 0.2) is 40.2 Å². The van der Waals surface area contributed by atoms with Gasteiger partial charge < -0.3 is 5.32 Å². The van der Waals surface area contributed by atoms with Crippen LogP contribution >= 0.6 is 0 Å². The van der Waals surface area contributed by atoms with Gasteiger partial charge in [-0.1, -0.05) is 19.1 Å². The lowest BCUT2D eigenvalue weighted by Gasteiger charge is -2.19. The molecule has 2 aromatic rings. The van der Waals surface area contributed by atoms with E-state index in [1.165, 1.54) is 6.07 Å². The van der Waals surface area contributed by atoms with Gasteiger partial charge in [-0.15, -0.1) is 0 Å². The molecular weight excluding hydrogens is 276 g/mol. The summed E-state index contributed by atoms with van der Waals surface area (Å²) in [6.07, 6.45) is 1.80. The van der Waals surface area contributed by atoms with Gasteiger partial charge >= 0.3 is 0 Å². The molecule has 3 rings (SSSR count). The number of aliphatic imine (C=N–C) groups is 1. The van der Waals surface area contributed by atoms with Gasteiger partial charge in [-0.25, -0.2) is 4.99 Å². The molecule has 0 saturated carbocycles. The molecule has 20 heavy (non-hydrogen) atoms. The van der Waals surface area contributed by atoms with E-state index in [0.717, 1.165) is 35.4 Å². The highest BCUT2D eigenvalue weighted by molar-refractivity contribution is 7.86. The number of rotatable bonds is 3. The fraction of sp³-hybridized carbons (Fsp3) is 0.214. The maximum absolute atomic E-state index is 11.4. The maximum atomic E-state index is 11.4. The predicted octanol–water partition coefficient (Wildman–Crippen LogP) is 3.34. The highest BCUT2D eigenvalue weighted by Crippen LogP contribution is 2.39. The van der Waals surface area contributed by atoms with Crippen LogP contribution in [0.3, 0.4) is 0 Å². The Bertz CT molecular complexity index is 826. The Morgan fingerprint density at radius 2 is 2.05 bits per heavy atom. The van der Waals surface area contributed by atoms with E-state index >= 15 is 0 Å². The normalized spacial score (nSPS) is 14.0. The number of amidine groups is 1. The summed E-state index contributed by atoms with van der Waals surface area (Å²) in [5, 5.41) is 4.42. The zero-order valence-corrected chi connectivity index (χ0v) is 11.7. The quantitative estimate of drug-likeness (QED) is 0.850. The Morgan fingerprint density at radius 3 is 2.75 bits per heavy atom. The number of hydrogen-bond donors (Lipinski definition) is 2. The van der Waals surface area contributed by atoms with Gasteiger partial charge in [0.15, 0.2) is 0 Å². The predicted molar refractivity (Wildman–Crippen MR) is 79.4 cm³/mol. The molecule has 0 spiro atoms. The van der Waals surface area contributed by atoms with Crippen LogP contribution in [-0.4, -0.2) is 18.8 Å². The molecule has 0 amide bonds. The van der Waals surface area contributed by atoms with Gasteiger partial charge in [-0.3, -0.25) is 4.55 Å². The minimum Gasteiger partial charge on any atom is -0.343 e. The molecule has 1 aliphatic heterocycles. The van der Waals surface area contributed by atoms with E-state index in [1.54, 1.807) is 18.2 Å². The molecule has 0 bridgehead atoms. The fourth-order valence-corrected chi connectivity index (χ4v) is 3.16. The summed E-state index contributed by atoms with van der Waals surface area (Å²) < 4.78 is 32.2. The Kier molecular flexibility index (Phi) is 2.99. The molecule has 0 unspecified atom stereocenters. The summed E-state index contributed by atoms with van der Waals surface area (Å²) in [6, 6.07) is 8.34. The topological polar surface area (TPSA) is 78.8 Å². The molecule has 6 heteroatoms. The molecule has 1 aliphatic rings. The van der Waals surface area contributed by atoms with Crippen molar-refractivity contribution in [3.63, 3.8) is 0 Å².